The van der Waals surface area contributed by atoms with Gasteiger partial charge in [-0.25, -0.2) is 4.98 Å². The minimum atomic E-state index is -1.13. The number of aryl methyl sites for hydroxylation is 1. The second-order valence-electron chi connectivity index (χ2n) is 16.1. The number of rotatable bonds is 11. The summed E-state index contributed by atoms with van der Waals surface area (Å²) in [6, 6.07) is 4.85. The quantitative estimate of drug-likeness (QED) is 0.0853. The molecule has 2 aliphatic heterocycles. The van der Waals surface area contributed by atoms with Crippen molar-refractivity contribution in [3.05, 3.63) is 53.3 Å². The van der Waals surface area contributed by atoms with Gasteiger partial charge in [0.1, 0.15) is 35.1 Å². The van der Waals surface area contributed by atoms with E-state index in [-0.39, 0.29) is 35.4 Å². The van der Waals surface area contributed by atoms with Crippen LogP contribution in [-0.2, 0) is 16.6 Å². The van der Waals surface area contributed by atoms with Crippen molar-refractivity contribution in [2.24, 2.45) is 7.05 Å². The van der Waals surface area contributed by atoms with Crippen LogP contribution in [0.1, 0.15) is 109 Å². The van der Waals surface area contributed by atoms with Gasteiger partial charge < -0.3 is 34.9 Å². The number of hydrogen-bond donors (Lipinski definition) is 4. The maximum absolute atomic E-state index is 14.8. The van der Waals surface area contributed by atoms with E-state index >= 15 is 0 Å². The first kappa shape index (κ1) is 43.1. The molecule has 0 spiro atoms. The Labute approximate surface area is 349 Å². The van der Waals surface area contributed by atoms with Gasteiger partial charge in [0, 0.05) is 31.1 Å². The number of aromatic nitrogens is 3. The van der Waals surface area contributed by atoms with E-state index in [0.29, 0.717) is 65.4 Å². The van der Waals surface area contributed by atoms with Gasteiger partial charge >= 0.3 is 5.90 Å². The fraction of sp³-hybridized carbons (Fsp3) is 0.571. The second kappa shape index (κ2) is 18.6. The number of carbonyl (C=O) groups excluding carboxylic acids is 3. The third-order valence-corrected chi connectivity index (χ3v) is 12.6. The smallest absolute Gasteiger partial charge is 0.372 e. The third kappa shape index (κ3) is 10.2. The zero-order valence-electron chi connectivity index (χ0n) is 34.3. The molecular formula is C42H57ClN7O7S+. The standard InChI is InChI=1S/C42H56ClN7O7S/c1-7-42(40(54)48-58-41(4)20-21-41)19-14-12-10-8-9-11-13-15-31(44-37(51)30-18-22-49(5)47-30)39(53)50-25-27(23-32(50)38(52)46-42)57-33-24-34(56-26(2)3)45-35-28(33)16-17-29(43)36(35)55-6/h10,12,16-18,22,24,26-27,31-32H,7-9,11,13-15,19-21,23,25H2,1-6H3,(H,44,51)(H,46,52)(H,48,54)/p+1/b12-10-/t27-,31+,32+,42+/m1/s1. The number of aliphatic hydroxyl groups excluding tert-OH is 1. The summed E-state index contributed by atoms with van der Waals surface area (Å²) < 4.78 is 23.1. The Hall–Kier alpha value is -4.50. The van der Waals surface area contributed by atoms with Crippen molar-refractivity contribution >= 4 is 58.1 Å². The van der Waals surface area contributed by atoms with Gasteiger partial charge in [-0.15, -0.1) is 4.40 Å². The first-order valence-corrected chi connectivity index (χ1v) is 21.5. The van der Waals surface area contributed by atoms with Crippen molar-refractivity contribution < 1.29 is 38.1 Å². The Kier molecular flexibility index (Phi) is 13.8. The number of nitrogens with one attached hydrogen (secondary N) is 3. The molecule has 3 amide bonds. The van der Waals surface area contributed by atoms with Crippen molar-refractivity contribution in [2.45, 2.75) is 133 Å². The highest BCUT2D eigenvalue weighted by Gasteiger charge is 2.49. The average Bonchev–Trinajstić information content (AvgIpc) is 3.53. The molecule has 4 atom stereocenters. The van der Waals surface area contributed by atoms with Gasteiger partial charge in [-0.1, -0.05) is 43.5 Å². The van der Waals surface area contributed by atoms with Crippen LogP contribution in [0.15, 0.2) is 42.6 Å². The number of nitrogens with zero attached hydrogens (tertiary/aromatic N) is 4. The first-order valence-electron chi connectivity index (χ1n) is 20.3. The van der Waals surface area contributed by atoms with E-state index in [1.165, 1.54) is 28.6 Å². The zero-order chi connectivity index (χ0) is 41.6. The van der Waals surface area contributed by atoms with E-state index in [1.54, 1.807) is 37.5 Å². The fourth-order valence-corrected chi connectivity index (χ4v) is 8.53. The summed E-state index contributed by atoms with van der Waals surface area (Å²) in [5.74, 6) is -0.249. The van der Waals surface area contributed by atoms with E-state index in [2.05, 4.69) is 44.2 Å². The highest BCUT2D eigenvalue weighted by Crippen LogP contribution is 2.44. The molecule has 0 bridgehead atoms. The molecule has 58 heavy (non-hydrogen) atoms. The molecule has 4 N–H and O–H groups in total. The maximum Gasteiger partial charge on any atom is 0.372 e. The molecule has 0 radical (unpaired) electrons. The largest absolute Gasteiger partial charge is 0.493 e. The highest BCUT2D eigenvalue weighted by atomic mass is 35.5. The molecular weight excluding hydrogens is 782 g/mol. The lowest BCUT2D eigenvalue weighted by Gasteiger charge is -2.33. The van der Waals surface area contributed by atoms with Gasteiger partial charge in [-0.3, -0.25) is 19.1 Å². The summed E-state index contributed by atoms with van der Waals surface area (Å²) in [5, 5.41) is 23.1. The Balaban J connectivity index is 1.38. The molecule has 1 aromatic carbocycles. The summed E-state index contributed by atoms with van der Waals surface area (Å²) in [6.07, 6.45) is 12.4. The lowest BCUT2D eigenvalue weighted by Crippen LogP contribution is -2.75. The molecule has 0 unspecified atom stereocenters. The first-order chi connectivity index (χ1) is 27.7. The number of allylic oxidation sites excluding steroid dienone is 2. The summed E-state index contributed by atoms with van der Waals surface area (Å²) >= 11 is 7.98. The SMILES string of the molecule is CC[C@@]1(/C(O)=[NH+]/SC2(C)CC2)CC/C=C\CCCCC[C@H](NC(=O)c2ccn(C)n2)C(=O)N2C[C@H](Oc3cc(OC(C)C)nc4c(OC)c(Cl)ccc34)C[C@H]2C(=O)N1. The average molecular weight is 839 g/mol. The van der Waals surface area contributed by atoms with Crippen LogP contribution in [0.5, 0.6) is 17.4 Å². The molecule has 1 aliphatic carbocycles. The molecule has 3 aliphatic rings. The van der Waals surface area contributed by atoms with Crippen molar-refractivity contribution in [3.8, 4) is 17.4 Å². The lowest BCUT2D eigenvalue weighted by molar-refractivity contribution is -0.268. The molecule has 6 rings (SSSR count). The molecule has 314 valence electrons. The predicted molar refractivity (Wildman–Crippen MR) is 225 cm³/mol. The number of halogens is 1. The maximum atomic E-state index is 14.8. The lowest BCUT2D eigenvalue weighted by atomic mass is 9.89. The van der Waals surface area contributed by atoms with Gasteiger partial charge in [-0.2, -0.15) is 5.10 Å². The Morgan fingerprint density at radius 1 is 1.16 bits per heavy atom. The molecule has 3 aromatic rings. The van der Waals surface area contributed by atoms with Crippen LogP contribution in [0.4, 0.5) is 0 Å². The number of fused-ring (bicyclic) bond motifs is 2. The predicted octanol–water partition coefficient (Wildman–Crippen LogP) is 5.37. The number of aliphatic hydroxyl groups is 1. The van der Waals surface area contributed by atoms with Gasteiger partial charge in [0.15, 0.2) is 23.2 Å². The monoisotopic (exact) mass is 838 g/mol. The van der Waals surface area contributed by atoms with Gasteiger partial charge in [0.2, 0.25) is 17.7 Å². The van der Waals surface area contributed by atoms with Crippen molar-refractivity contribution in [1.29, 1.82) is 0 Å². The second-order valence-corrected chi connectivity index (χ2v) is 17.9. The molecule has 1 saturated heterocycles. The highest BCUT2D eigenvalue weighted by molar-refractivity contribution is 7.94. The number of ether oxygens (including phenoxy) is 3. The molecule has 14 nitrogen and oxygen atoms in total. The number of amides is 3. The van der Waals surface area contributed by atoms with Crippen molar-refractivity contribution in [2.75, 3.05) is 13.7 Å². The van der Waals surface area contributed by atoms with Gasteiger partial charge in [-0.05, 0) is 90.3 Å². The van der Waals surface area contributed by atoms with E-state index < -0.39 is 41.4 Å². The molecule has 2 aromatic heterocycles. The number of hydrogen-bond acceptors (Lipinski definition) is 9. The minimum absolute atomic E-state index is 0.0195. The van der Waals surface area contributed by atoms with Crippen LogP contribution in [0.3, 0.4) is 0 Å². The Bertz CT molecular complexity index is 2040. The van der Waals surface area contributed by atoms with Crippen LogP contribution < -0.4 is 29.2 Å². The molecule has 4 heterocycles. The minimum Gasteiger partial charge on any atom is -0.493 e. The van der Waals surface area contributed by atoms with Crippen molar-refractivity contribution in [3.63, 3.8) is 0 Å². The van der Waals surface area contributed by atoms with E-state index in [1.807, 2.05) is 20.8 Å². The number of methoxy groups -OCH3 is 1. The van der Waals surface area contributed by atoms with E-state index in [9.17, 15) is 19.5 Å². The molecule has 1 saturated carbocycles. The van der Waals surface area contributed by atoms with E-state index in [4.69, 9.17) is 25.8 Å². The number of benzene rings is 1. The third-order valence-electron chi connectivity index (χ3n) is 11.1. The number of carbonyl (C=O) groups is 3. The molecule has 16 heteroatoms. The summed E-state index contributed by atoms with van der Waals surface area (Å²) in [6.45, 7) is 7.90. The van der Waals surface area contributed by atoms with Crippen LogP contribution in [0, 0.1) is 0 Å². The molecule has 2 fully saturated rings. The van der Waals surface area contributed by atoms with Crippen LogP contribution in [0.25, 0.3) is 10.9 Å². The normalized spacial score (nSPS) is 24.9. The summed E-state index contributed by atoms with van der Waals surface area (Å²) in [4.78, 5) is 49.3. The Morgan fingerprint density at radius 3 is 2.62 bits per heavy atom. The zero-order valence-corrected chi connectivity index (χ0v) is 35.9. The Morgan fingerprint density at radius 2 is 1.93 bits per heavy atom. The van der Waals surface area contributed by atoms with Crippen LogP contribution in [-0.4, -0.2) is 96.6 Å². The fourth-order valence-electron chi connectivity index (χ4n) is 7.45. The van der Waals surface area contributed by atoms with Gasteiger partial charge in [0.05, 0.1) is 29.5 Å². The van der Waals surface area contributed by atoms with Crippen LogP contribution in [0.2, 0.25) is 5.02 Å². The van der Waals surface area contributed by atoms with E-state index in [0.717, 1.165) is 32.1 Å². The number of pyridine rings is 1. The van der Waals surface area contributed by atoms with Crippen LogP contribution >= 0.6 is 23.5 Å². The van der Waals surface area contributed by atoms with Gasteiger partial charge in [0.25, 0.3) is 5.91 Å². The summed E-state index contributed by atoms with van der Waals surface area (Å²) in [7, 11) is 3.23. The topological polar surface area (TPSA) is 171 Å². The summed E-state index contributed by atoms with van der Waals surface area (Å²) in [5.41, 5.74) is -0.499. The van der Waals surface area contributed by atoms with Crippen molar-refractivity contribution in [1.82, 2.24) is 30.3 Å².